The van der Waals surface area contributed by atoms with Crippen LogP contribution in [0.3, 0.4) is 0 Å². The second-order valence-electron chi connectivity index (χ2n) is 9.06. The molecule has 2 fully saturated rings. The van der Waals surface area contributed by atoms with E-state index in [1.165, 1.54) is 12.8 Å². The van der Waals surface area contributed by atoms with Gasteiger partial charge in [-0.3, -0.25) is 14.9 Å². The number of hydrogen-bond donors (Lipinski definition) is 2. The predicted molar refractivity (Wildman–Crippen MR) is 122 cm³/mol. The highest BCUT2D eigenvalue weighted by Crippen LogP contribution is 2.36. The van der Waals surface area contributed by atoms with Crippen molar-refractivity contribution in [1.82, 2.24) is 14.3 Å². The van der Waals surface area contributed by atoms with Gasteiger partial charge in [0.15, 0.2) is 0 Å². The van der Waals surface area contributed by atoms with E-state index in [-0.39, 0.29) is 30.2 Å². The van der Waals surface area contributed by atoms with Crippen molar-refractivity contribution in [3.05, 3.63) is 35.2 Å². The van der Waals surface area contributed by atoms with E-state index in [0.717, 1.165) is 22.7 Å². The summed E-state index contributed by atoms with van der Waals surface area (Å²) in [6, 6.07) is 5.77. The Labute approximate surface area is 192 Å². The van der Waals surface area contributed by atoms with E-state index in [2.05, 4.69) is 14.7 Å². The second kappa shape index (κ2) is 9.54. The molecule has 0 spiro atoms. The van der Waals surface area contributed by atoms with E-state index in [4.69, 9.17) is 4.74 Å². The number of amides is 2. The lowest BCUT2D eigenvalue weighted by Gasteiger charge is -2.18. The molecule has 0 bridgehead atoms. The summed E-state index contributed by atoms with van der Waals surface area (Å²) in [6.07, 6.45) is 2.10. The van der Waals surface area contributed by atoms with Gasteiger partial charge in [-0.25, -0.2) is 4.98 Å². The van der Waals surface area contributed by atoms with E-state index in [0.29, 0.717) is 42.2 Å². The summed E-state index contributed by atoms with van der Waals surface area (Å²) in [5.74, 6) is 1.83. The van der Waals surface area contributed by atoms with Gasteiger partial charge in [0.2, 0.25) is 16.9 Å². The summed E-state index contributed by atoms with van der Waals surface area (Å²) in [4.78, 5) is 30.9. The Bertz CT molecular complexity index is 986. The molecule has 2 atom stereocenters. The summed E-state index contributed by atoms with van der Waals surface area (Å²) in [7, 11) is 0. The fourth-order valence-corrected chi connectivity index (χ4v) is 4.49. The van der Waals surface area contributed by atoms with Crippen LogP contribution in [-0.4, -0.2) is 50.9 Å². The average Bonchev–Trinajstić information content (AvgIpc) is 3.34. The van der Waals surface area contributed by atoms with Crippen LogP contribution in [0.15, 0.2) is 18.2 Å². The summed E-state index contributed by atoms with van der Waals surface area (Å²) in [6.45, 7) is 6.82. The average molecular weight is 459 g/mol. The molecule has 32 heavy (non-hydrogen) atoms. The zero-order valence-electron chi connectivity index (χ0n) is 18.7. The first-order valence-corrected chi connectivity index (χ1v) is 11.9. The Hall–Kier alpha value is -2.52. The Morgan fingerprint density at radius 3 is 2.78 bits per heavy atom. The van der Waals surface area contributed by atoms with Crippen LogP contribution in [0.25, 0.3) is 0 Å². The molecule has 2 aromatic rings. The van der Waals surface area contributed by atoms with Gasteiger partial charge in [0.05, 0.1) is 19.3 Å². The molecule has 2 heterocycles. The minimum atomic E-state index is -0.625. The Morgan fingerprint density at radius 1 is 1.34 bits per heavy atom. The van der Waals surface area contributed by atoms with Crippen LogP contribution in [0.1, 0.15) is 74.9 Å². The monoisotopic (exact) mass is 458 g/mol. The number of benzene rings is 1. The van der Waals surface area contributed by atoms with Gasteiger partial charge >= 0.3 is 0 Å². The molecule has 1 aliphatic carbocycles. The number of nitrogens with zero attached hydrogens (tertiary/aromatic N) is 3. The molecule has 172 valence electrons. The molecule has 2 aliphatic rings. The van der Waals surface area contributed by atoms with E-state index >= 15 is 0 Å². The number of likely N-dealkylation sites (tertiary alicyclic amines) is 1. The van der Waals surface area contributed by atoms with E-state index in [1.54, 1.807) is 11.8 Å². The van der Waals surface area contributed by atoms with Crippen molar-refractivity contribution in [2.75, 3.05) is 25.0 Å². The number of rotatable bonds is 9. The number of ether oxygens (including phenoxy) is 1. The van der Waals surface area contributed by atoms with Crippen LogP contribution >= 0.6 is 11.5 Å². The molecule has 0 radical (unpaired) electrons. The fraction of sp³-hybridized carbons (Fsp3) is 0.565. The van der Waals surface area contributed by atoms with Gasteiger partial charge in [-0.2, -0.15) is 4.37 Å². The largest absolute Gasteiger partial charge is 0.493 e. The van der Waals surface area contributed by atoms with E-state index < -0.39 is 6.10 Å². The van der Waals surface area contributed by atoms with Crippen LogP contribution in [0.5, 0.6) is 5.75 Å². The van der Waals surface area contributed by atoms with Crippen molar-refractivity contribution in [1.29, 1.82) is 0 Å². The third kappa shape index (κ3) is 5.45. The van der Waals surface area contributed by atoms with Crippen molar-refractivity contribution in [2.45, 2.75) is 58.0 Å². The number of aromatic nitrogens is 2. The third-order valence-electron chi connectivity index (χ3n) is 5.88. The normalized spacial score (nSPS) is 19.5. The second-order valence-corrected chi connectivity index (χ2v) is 9.82. The predicted octanol–water partition coefficient (Wildman–Crippen LogP) is 3.46. The topological polar surface area (TPSA) is 105 Å². The van der Waals surface area contributed by atoms with Gasteiger partial charge in [-0.15, -0.1) is 0 Å². The summed E-state index contributed by atoms with van der Waals surface area (Å²) < 4.78 is 10.2. The summed E-state index contributed by atoms with van der Waals surface area (Å²) in [5, 5.41) is 13.3. The standard InChI is InChI=1S/C23H30N4O4S/c1-13(2)22-25-23(32-26-22)24-20(29)11-27-10-17(9-21(27)30)16-6-7-18(14(3)28)19(8-16)31-12-15-4-5-15/h6-8,13-15,17,28H,4-5,9-12H2,1-3H3,(H,24,25,26,29)/t14?,17-/m1/s1. The quantitative estimate of drug-likeness (QED) is 0.596. The Kier molecular flexibility index (Phi) is 6.76. The lowest BCUT2D eigenvalue weighted by molar-refractivity contribution is -0.131. The van der Waals surface area contributed by atoms with E-state index in [9.17, 15) is 14.7 Å². The van der Waals surface area contributed by atoms with Crippen molar-refractivity contribution >= 4 is 28.5 Å². The number of carbonyl (C=O) groups excluding carboxylic acids is 2. The fourth-order valence-electron chi connectivity index (χ4n) is 3.77. The molecule has 2 N–H and O–H groups in total. The lowest BCUT2D eigenvalue weighted by Crippen LogP contribution is -2.34. The molecule has 4 rings (SSSR count). The van der Waals surface area contributed by atoms with Crippen LogP contribution in [0.2, 0.25) is 0 Å². The zero-order chi connectivity index (χ0) is 22.8. The molecular formula is C23H30N4O4S. The highest BCUT2D eigenvalue weighted by Gasteiger charge is 2.32. The molecule has 9 heteroatoms. The molecule has 2 amide bonds. The first-order valence-electron chi connectivity index (χ1n) is 11.2. The van der Waals surface area contributed by atoms with Gasteiger partial charge < -0.3 is 14.7 Å². The number of anilines is 1. The highest BCUT2D eigenvalue weighted by atomic mass is 32.1. The molecule has 8 nitrogen and oxygen atoms in total. The third-order valence-corrected chi connectivity index (χ3v) is 6.53. The molecule has 1 saturated heterocycles. The first kappa shape index (κ1) is 22.7. The lowest BCUT2D eigenvalue weighted by atomic mass is 9.95. The van der Waals surface area contributed by atoms with Gasteiger partial charge in [0.25, 0.3) is 0 Å². The number of carbonyl (C=O) groups is 2. The van der Waals surface area contributed by atoms with Gasteiger partial charge in [0, 0.05) is 41.9 Å². The smallest absolute Gasteiger partial charge is 0.245 e. The first-order chi connectivity index (χ1) is 15.3. The maximum absolute atomic E-state index is 12.6. The summed E-state index contributed by atoms with van der Waals surface area (Å²) in [5.41, 5.74) is 1.75. The number of hydrogen-bond acceptors (Lipinski definition) is 7. The maximum atomic E-state index is 12.6. The molecular weight excluding hydrogens is 428 g/mol. The molecule has 1 aromatic carbocycles. The van der Waals surface area contributed by atoms with Crippen molar-refractivity contribution in [2.24, 2.45) is 5.92 Å². The van der Waals surface area contributed by atoms with Crippen molar-refractivity contribution in [3.63, 3.8) is 0 Å². The zero-order valence-corrected chi connectivity index (χ0v) is 19.5. The van der Waals surface area contributed by atoms with Crippen molar-refractivity contribution in [3.8, 4) is 5.75 Å². The van der Waals surface area contributed by atoms with Crippen molar-refractivity contribution < 1.29 is 19.4 Å². The van der Waals surface area contributed by atoms with Crippen LogP contribution < -0.4 is 10.1 Å². The number of aliphatic hydroxyl groups is 1. The molecule has 1 saturated carbocycles. The molecule has 1 aliphatic heterocycles. The van der Waals surface area contributed by atoms with Gasteiger partial charge in [-0.05, 0) is 37.3 Å². The van der Waals surface area contributed by atoms with Crippen LogP contribution in [0.4, 0.5) is 5.13 Å². The van der Waals surface area contributed by atoms with Gasteiger partial charge in [-0.1, -0.05) is 26.0 Å². The van der Waals surface area contributed by atoms with Crippen LogP contribution in [-0.2, 0) is 9.59 Å². The molecule has 1 aromatic heterocycles. The minimum absolute atomic E-state index is 0.0112. The molecule has 1 unspecified atom stereocenters. The van der Waals surface area contributed by atoms with E-state index in [1.807, 2.05) is 32.0 Å². The maximum Gasteiger partial charge on any atom is 0.245 e. The van der Waals surface area contributed by atoms with Crippen LogP contribution in [0, 0.1) is 5.92 Å². The number of nitrogens with one attached hydrogen (secondary N) is 1. The summed E-state index contributed by atoms with van der Waals surface area (Å²) >= 11 is 1.15. The minimum Gasteiger partial charge on any atom is -0.493 e. The highest BCUT2D eigenvalue weighted by molar-refractivity contribution is 7.09. The van der Waals surface area contributed by atoms with Gasteiger partial charge in [0.1, 0.15) is 11.6 Å². The Balaban J connectivity index is 1.38. The number of aliphatic hydroxyl groups excluding tert-OH is 1. The Morgan fingerprint density at radius 2 is 2.12 bits per heavy atom. The SMILES string of the molecule is CC(C)c1nsc(NC(=O)CN2C[C@H](c3ccc(C(C)O)c(OCC4CC4)c3)CC2=O)n1.